The van der Waals surface area contributed by atoms with Gasteiger partial charge >= 0.3 is 6.18 Å². The molecule has 1 aliphatic carbocycles. The van der Waals surface area contributed by atoms with Crippen molar-refractivity contribution in [2.75, 3.05) is 0 Å². The number of nitriles is 1. The van der Waals surface area contributed by atoms with Crippen LogP contribution in [0.2, 0.25) is 0 Å². The molecular formula is C23H25F3N4O. The Balaban J connectivity index is 1.81. The van der Waals surface area contributed by atoms with Crippen LogP contribution in [0.5, 0.6) is 0 Å². The van der Waals surface area contributed by atoms with Crippen LogP contribution >= 0.6 is 0 Å². The van der Waals surface area contributed by atoms with E-state index in [4.69, 9.17) is 0 Å². The van der Waals surface area contributed by atoms with Crippen molar-refractivity contribution in [2.24, 2.45) is 0 Å². The highest BCUT2D eigenvalue weighted by atomic mass is 19.4. The second-order valence-electron chi connectivity index (χ2n) is 8.01. The normalized spacial score (nSPS) is 16.8. The van der Waals surface area contributed by atoms with Crippen LogP contribution in [-0.4, -0.2) is 28.6 Å². The minimum Gasteiger partial charge on any atom is -0.336 e. The largest absolute Gasteiger partial charge is 0.407 e. The molecule has 1 aromatic carbocycles. The summed E-state index contributed by atoms with van der Waals surface area (Å²) in [5.74, 6) is -0.573. The highest BCUT2D eigenvalue weighted by Gasteiger charge is 2.47. The highest BCUT2D eigenvalue weighted by molar-refractivity contribution is 5.83. The predicted molar refractivity (Wildman–Crippen MR) is 111 cm³/mol. The van der Waals surface area contributed by atoms with Crippen molar-refractivity contribution < 1.29 is 18.0 Å². The second kappa shape index (κ2) is 9.06. The fourth-order valence-electron chi connectivity index (χ4n) is 3.36. The van der Waals surface area contributed by atoms with Gasteiger partial charge in [0, 0.05) is 11.8 Å². The molecule has 1 fully saturated rings. The van der Waals surface area contributed by atoms with Gasteiger partial charge in [0.15, 0.2) is 0 Å². The number of carbonyl (C=O) groups excluding carboxylic acids is 1. The monoisotopic (exact) mass is 430 g/mol. The molecule has 2 atom stereocenters. The number of benzene rings is 1. The van der Waals surface area contributed by atoms with Crippen LogP contribution in [0.3, 0.4) is 0 Å². The molecule has 31 heavy (non-hydrogen) atoms. The SMILES string of the molecule is CCC[C@H](N[C@@H](c1ccc(-c2ccc(C)cn2)cc1)C(F)(F)F)C(=O)NC1(C#N)CC1. The third-order valence-electron chi connectivity index (χ3n) is 5.37. The third kappa shape index (κ3) is 5.61. The summed E-state index contributed by atoms with van der Waals surface area (Å²) in [6.45, 7) is 3.70. The van der Waals surface area contributed by atoms with Crippen LogP contribution in [0.1, 0.15) is 49.8 Å². The van der Waals surface area contributed by atoms with Crippen LogP contribution < -0.4 is 10.6 Å². The maximum absolute atomic E-state index is 13.9. The average Bonchev–Trinajstić information content (AvgIpc) is 3.51. The second-order valence-corrected chi connectivity index (χ2v) is 8.01. The molecule has 1 saturated carbocycles. The Morgan fingerprint density at radius 2 is 1.90 bits per heavy atom. The Hall–Kier alpha value is -2.92. The van der Waals surface area contributed by atoms with Crippen LogP contribution in [0.4, 0.5) is 13.2 Å². The van der Waals surface area contributed by atoms with Gasteiger partial charge in [-0.25, -0.2) is 0 Å². The molecule has 1 aliphatic rings. The highest BCUT2D eigenvalue weighted by Crippen LogP contribution is 2.36. The van der Waals surface area contributed by atoms with Crippen LogP contribution in [0, 0.1) is 18.3 Å². The van der Waals surface area contributed by atoms with Crippen molar-refractivity contribution in [1.29, 1.82) is 5.26 Å². The van der Waals surface area contributed by atoms with E-state index in [0.717, 1.165) is 5.56 Å². The van der Waals surface area contributed by atoms with Gasteiger partial charge in [0.2, 0.25) is 5.91 Å². The maximum atomic E-state index is 13.9. The number of aryl methyl sites for hydroxylation is 1. The Morgan fingerprint density at radius 3 is 2.39 bits per heavy atom. The standard InChI is InChI=1S/C23H25F3N4O/c1-3-4-19(21(31)30-22(14-27)11-12-22)29-20(23(24,25)26)17-8-6-16(7-9-17)18-10-5-15(2)13-28-18/h5-10,13,19-20,29H,3-4,11-12H2,1-2H3,(H,30,31)/t19-,20-/m0/s1. The summed E-state index contributed by atoms with van der Waals surface area (Å²) in [5.41, 5.74) is 1.45. The smallest absolute Gasteiger partial charge is 0.336 e. The van der Waals surface area contributed by atoms with E-state index in [1.165, 1.54) is 12.1 Å². The predicted octanol–water partition coefficient (Wildman–Crippen LogP) is 4.59. The Bertz CT molecular complexity index is 945. The fourth-order valence-corrected chi connectivity index (χ4v) is 3.36. The number of pyridine rings is 1. The van der Waals surface area contributed by atoms with Crippen molar-refractivity contribution in [3.63, 3.8) is 0 Å². The summed E-state index contributed by atoms with van der Waals surface area (Å²) >= 11 is 0. The van der Waals surface area contributed by atoms with Gasteiger partial charge in [0.1, 0.15) is 11.6 Å². The van der Waals surface area contributed by atoms with Crippen molar-refractivity contribution in [2.45, 2.75) is 63.3 Å². The molecule has 8 heteroatoms. The number of alkyl halides is 3. The lowest BCUT2D eigenvalue weighted by atomic mass is 10.0. The molecule has 3 rings (SSSR count). The van der Waals surface area contributed by atoms with E-state index >= 15 is 0 Å². The zero-order valence-corrected chi connectivity index (χ0v) is 17.5. The number of aromatic nitrogens is 1. The number of nitrogens with one attached hydrogen (secondary N) is 2. The summed E-state index contributed by atoms with van der Waals surface area (Å²) in [6, 6.07) is 8.67. The van der Waals surface area contributed by atoms with Crippen LogP contribution in [0.15, 0.2) is 42.6 Å². The molecule has 1 aromatic heterocycles. The first-order valence-corrected chi connectivity index (χ1v) is 10.3. The quantitative estimate of drug-likeness (QED) is 0.642. The number of hydrogen-bond acceptors (Lipinski definition) is 4. The topological polar surface area (TPSA) is 77.8 Å². The average molecular weight is 430 g/mol. The van der Waals surface area contributed by atoms with Crippen molar-refractivity contribution >= 4 is 5.91 Å². The van der Waals surface area contributed by atoms with Gasteiger partial charge in [-0.15, -0.1) is 0 Å². The molecule has 1 heterocycles. The summed E-state index contributed by atoms with van der Waals surface area (Å²) in [5, 5.41) is 14.3. The van der Waals surface area contributed by atoms with Crippen LogP contribution in [0.25, 0.3) is 11.3 Å². The molecule has 2 aromatic rings. The first kappa shape index (κ1) is 22.8. The number of nitrogens with zero attached hydrogens (tertiary/aromatic N) is 2. The molecule has 0 bridgehead atoms. The molecule has 0 aliphatic heterocycles. The summed E-state index contributed by atoms with van der Waals surface area (Å²) in [4.78, 5) is 16.9. The van der Waals surface area contributed by atoms with Gasteiger partial charge < -0.3 is 5.32 Å². The van der Waals surface area contributed by atoms with Gasteiger partial charge in [0.25, 0.3) is 0 Å². The minimum absolute atomic E-state index is 0.0127. The Kier molecular flexibility index (Phi) is 6.65. The van der Waals surface area contributed by atoms with E-state index in [9.17, 15) is 23.2 Å². The van der Waals surface area contributed by atoms with Gasteiger partial charge in [-0.3, -0.25) is 15.1 Å². The lowest BCUT2D eigenvalue weighted by Crippen LogP contribution is -2.51. The zero-order valence-electron chi connectivity index (χ0n) is 17.5. The molecule has 0 saturated heterocycles. The van der Waals surface area contributed by atoms with Crippen molar-refractivity contribution in [1.82, 2.24) is 15.6 Å². The van der Waals surface area contributed by atoms with Gasteiger partial charge in [0.05, 0.1) is 17.8 Å². The van der Waals surface area contributed by atoms with Gasteiger partial charge in [-0.05, 0) is 43.4 Å². The molecule has 0 unspecified atom stereocenters. The summed E-state index contributed by atoms with van der Waals surface area (Å²) in [7, 11) is 0. The molecule has 0 spiro atoms. The maximum Gasteiger partial charge on any atom is 0.407 e. The van der Waals surface area contributed by atoms with Crippen molar-refractivity contribution in [3.8, 4) is 17.3 Å². The third-order valence-corrected chi connectivity index (χ3v) is 5.37. The molecule has 0 radical (unpaired) electrons. The van der Waals surface area contributed by atoms with Crippen LogP contribution in [-0.2, 0) is 4.79 Å². The van der Waals surface area contributed by atoms with E-state index in [0.29, 0.717) is 30.5 Å². The molecule has 5 nitrogen and oxygen atoms in total. The fraction of sp³-hybridized carbons (Fsp3) is 0.435. The first-order chi connectivity index (χ1) is 14.7. The summed E-state index contributed by atoms with van der Waals surface area (Å²) < 4.78 is 41.7. The van der Waals surface area contributed by atoms with E-state index in [-0.39, 0.29) is 12.0 Å². The summed E-state index contributed by atoms with van der Waals surface area (Å²) in [6.07, 6.45) is -1.11. The molecule has 1 amide bonds. The number of amides is 1. The van der Waals surface area contributed by atoms with E-state index in [1.807, 2.05) is 25.1 Å². The zero-order chi connectivity index (χ0) is 22.6. The Morgan fingerprint density at radius 1 is 1.23 bits per heavy atom. The molecule has 2 N–H and O–H groups in total. The lowest BCUT2D eigenvalue weighted by molar-refractivity contribution is -0.161. The van der Waals surface area contributed by atoms with E-state index < -0.39 is 29.7 Å². The number of hydrogen-bond donors (Lipinski definition) is 2. The van der Waals surface area contributed by atoms with Gasteiger partial charge in [-0.2, -0.15) is 18.4 Å². The molecular weight excluding hydrogens is 405 g/mol. The van der Waals surface area contributed by atoms with E-state index in [2.05, 4.69) is 15.6 Å². The van der Waals surface area contributed by atoms with E-state index in [1.54, 1.807) is 25.3 Å². The van der Waals surface area contributed by atoms with Crippen molar-refractivity contribution in [3.05, 3.63) is 53.7 Å². The first-order valence-electron chi connectivity index (χ1n) is 10.3. The minimum atomic E-state index is -4.59. The number of rotatable bonds is 8. The Labute approximate surface area is 179 Å². The lowest BCUT2D eigenvalue weighted by Gasteiger charge is -2.28. The van der Waals surface area contributed by atoms with Gasteiger partial charge in [-0.1, -0.05) is 43.7 Å². The molecule has 164 valence electrons. The number of halogens is 3. The number of carbonyl (C=O) groups is 1.